The van der Waals surface area contributed by atoms with Crippen molar-refractivity contribution in [1.29, 1.82) is 0 Å². The van der Waals surface area contributed by atoms with Crippen molar-refractivity contribution in [3.05, 3.63) is 47.7 Å². The summed E-state index contributed by atoms with van der Waals surface area (Å²) >= 11 is 0. The number of piperazine rings is 1. The Balaban J connectivity index is 1.36. The zero-order valence-electron chi connectivity index (χ0n) is 19.5. The van der Waals surface area contributed by atoms with Gasteiger partial charge < -0.3 is 20.9 Å². The molecule has 1 saturated heterocycles. The monoisotopic (exact) mass is 444 g/mol. The highest BCUT2D eigenvalue weighted by atomic mass is 16.2. The van der Waals surface area contributed by atoms with Crippen LogP contribution in [0.4, 0.5) is 23.0 Å². The molecule has 1 aliphatic heterocycles. The summed E-state index contributed by atoms with van der Waals surface area (Å²) < 4.78 is 0. The van der Waals surface area contributed by atoms with E-state index in [-0.39, 0.29) is 5.91 Å². The van der Waals surface area contributed by atoms with E-state index in [1.165, 1.54) is 31.2 Å². The van der Waals surface area contributed by atoms with Crippen LogP contribution in [0, 0.1) is 6.92 Å². The second-order valence-corrected chi connectivity index (χ2v) is 9.30. The number of aryl methyl sites for hydroxylation is 1. The number of hydrogen-bond acceptors (Lipinski definition) is 6. The summed E-state index contributed by atoms with van der Waals surface area (Å²) in [6.07, 6.45) is 6.78. The smallest absolute Gasteiger partial charge is 0.227 e. The molecular formula is C26H32N6O. The van der Waals surface area contributed by atoms with Crippen molar-refractivity contribution >= 4 is 39.8 Å². The normalized spacial score (nSPS) is 17.0. The second kappa shape index (κ2) is 8.89. The number of anilines is 4. The van der Waals surface area contributed by atoms with Gasteiger partial charge in [0.25, 0.3) is 0 Å². The fraction of sp³-hybridized carbons (Fsp3) is 0.423. The molecule has 7 nitrogen and oxygen atoms in total. The zero-order chi connectivity index (χ0) is 22.9. The van der Waals surface area contributed by atoms with Crippen molar-refractivity contribution in [3.63, 3.8) is 0 Å². The van der Waals surface area contributed by atoms with E-state index < -0.39 is 0 Å². The summed E-state index contributed by atoms with van der Waals surface area (Å²) in [6, 6.07) is 10.4. The Morgan fingerprint density at radius 1 is 1.09 bits per heavy atom. The third kappa shape index (κ3) is 4.32. The number of hydrogen-bond donors (Lipinski definition) is 2. The highest BCUT2D eigenvalue weighted by molar-refractivity contribution is 5.90. The van der Waals surface area contributed by atoms with Gasteiger partial charge in [0.1, 0.15) is 0 Å². The number of benzene rings is 2. The molecule has 3 N–H and O–H groups in total. The fourth-order valence-corrected chi connectivity index (χ4v) is 5.27. The summed E-state index contributed by atoms with van der Waals surface area (Å²) in [7, 11) is 0. The van der Waals surface area contributed by atoms with Gasteiger partial charge in [-0.15, -0.1) is 0 Å². The third-order valence-corrected chi connectivity index (χ3v) is 7.13. The minimum Gasteiger partial charge on any atom is -0.398 e. The van der Waals surface area contributed by atoms with E-state index in [0.717, 1.165) is 59.7 Å². The fourth-order valence-electron chi connectivity index (χ4n) is 5.27. The predicted octanol–water partition coefficient (Wildman–Crippen LogP) is 4.59. The third-order valence-electron chi connectivity index (χ3n) is 7.13. The Hall–Kier alpha value is -3.35. The number of amides is 1. The number of rotatable bonds is 4. The standard InChI is InChI=1S/C26H32N6O/c1-17-15-23(27)24(19-5-3-4-6-19)25-22(17)16-28-26(30-25)29-20-7-9-21(10-8-20)32-13-11-31(12-14-32)18(2)33/h7-10,15-16,19H,3-6,11-14,27H2,1-2H3,(H,28,29,30). The number of nitrogen functional groups attached to an aromatic ring is 1. The number of carbonyl (C=O) groups excluding carboxylic acids is 1. The molecule has 2 heterocycles. The number of nitrogens with two attached hydrogens (primary N) is 1. The molecule has 1 saturated carbocycles. The summed E-state index contributed by atoms with van der Waals surface area (Å²) in [5, 5.41) is 4.45. The molecule has 2 aliphatic rings. The first kappa shape index (κ1) is 21.5. The first-order valence-corrected chi connectivity index (χ1v) is 11.9. The Morgan fingerprint density at radius 3 is 2.45 bits per heavy atom. The molecule has 0 atom stereocenters. The molecule has 0 bridgehead atoms. The molecule has 1 aliphatic carbocycles. The molecule has 0 spiro atoms. The second-order valence-electron chi connectivity index (χ2n) is 9.30. The van der Waals surface area contributed by atoms with E-state index in [1.54, 1.807) is 6.92 Å². The van der Waals surface area contributed by atoms with Crippen molar-refractivity contribution in [2.75, 3.05) is 42.1 Å². The van der Waals surface area contributed by atoms with Crippen molar-refractivity contribution in [2.24, 2.45) is 0 Å². The van der Waals surface area contributed by atoms with Gasteiger partial charge in [-0.2, -0.15) is 0 Å². The maximum Gasteiger partial charge on any atom is 0.227 e. The summed E-state index contributed by atoms with van der Waals surface area (Å²) in [5.74, 6) is 1.23. The number of carbonyl (C=O) groups is 1. The van der Waals surface area contributed by atoms with Crippen LogP contribution in [-0.2, 0) is 4.79 Å². The van der Waals surface area contributed by atoms with E-state index in [0.29, 0.717) is 11.9 Å². The van der Waals surface area contributed by atoms with Crippen molar-refractivity contribution in [2.45, 2.75) is 45.4 Å². The minimum absolute atomic E-state index is 0.151. The van der Waals surface area contributed by atoms with Gasteiger partial charge in [-0.05, 0) is 61.6 Å². The Kier molecular flexibility index (Phi) is 5.79. The molecule has 1 amide bonds. The van der Waals surface area contributed by atoms with Gasteiger partial charge in [-0.25, -0.2) is 9.97 Å². The topological polar surface area (TPSA) is 87.4 Å². The van der Waals surface area contributed by atoms with Crippen molar-refractivity contribution < 1.29 is 4.79 Å². The summed E-state index contributed by atoms with van der Waals surface area (Å²) in [6.45, 7) is 6.95. The van der Waals surface area contributed by atoms with Crippen LogP contribution < -0.4 is 16.0 Å². The summed E-state index contributed by atoms with van der Waals surface area (Å²) in [4.78, 5) is 25.3. The Labute approximate surface area is 195 Å². The van der Waals surface area contributed by atoms with E-state index in [1.807, 2.05) is 11.1 Å². The predicted molar refractivity (Wildman–Crippen MR) is 134 cm³/mol. The van der Waals surface area contributed by atoms with Crippen molar-refractivity contribution in [3.8, 4) is 0 Å². The van der Waals surface area contributed by atoms with Crippen molar-refractivity contribution in [1.82, 2.24) is 14.9 Å². The van der Waals surface area contributed by atoms with Crippen LogP contribution in [0.25, 0.3) is 10.9 Å². The van der Waals surface area contributed by atoms with Crippen LogP contribution >= 0.6 is 0 Å². The van der Waals surface area contributed by atoms with Crippen LogP contribution in [0.1, 0.15) is 49.7 Å². The van der Waals surface area contributed by atoms with Gasteiger partial charge in [0.2, 0.25) is 11.9 Å². The first-order valence-electron chi connectivity index (χ1n) is 11.9. The van der Waals surface area contributed by atoms with Gasteiger partial charge in [0.05, 0.1) is 5.52 Å². The molecule has 33 heavy (non-hydrogen) atoms. The molecule has 5 rings (SSSR count). The van der Waals surface area contributed by atoms with E-state index >= 15 is 0 Å². The summed E-state index contributed by atoms with van der Waals surface area (Å²) in [5.41, 5.74) is 12.7. The largest absolute Gasteiger partial charge is 0.398 e. The average molecular weight is 445 g/mol. The number of nitrogens with zero attached hydrogens (tertiary/aromatic N) is 4. The molecule has 1 aromatic heterocycles. The average Bonchev–Trinajstić information content (AvgIpc) is 3.34. The molecule has 172 valence electrons. The maximum absolute atomic E-state index is 11.6. The lowest BCUT2D eigenvalue weighted by molar-refractivity contribution is -0.129. The molecule has 2 aromatic carbocycles. The van der Waals surface area contributed by atoms with Gasteiger partial charge in [-0.1, -0.05) is 12.8 Å². The van der Waals surface area contributed by atoms with E-state index in [9.17, 15) is 4.79 Å². The first-order chi connectivity index (χ1) is 16.0. The van der Waals surface area contributed by atoms with Crippen LogP contribution in [0.15, 0.2) is 36.5 Å². The Bertz CT molecular complexity index is 1160. The Morgan fingerprint density at radius 2 is 1.79 bits per heavy atom. The lowest BCUT2D eigenvalue weighted by atomic mass is 9.92. The highest BCUT2D eigenvalue weighted by Gasteiger charge is 2.24. The molecule has 0 radical (unpaired) electrons. The van der Waals surface area contributed by atoms with Gasteiger partial charge in [0.15, 0.2) is 0 Å². The maximum atomic E-state index is 11.6. The number of nitrogens with one attached hydrogen (secondary N) is 1. The van der Waals surface area contributed by atoms with Crippen LogP contribution in [0.3, 0.4) is 0 Å². The SMILES string of the molecule is CC(=O)N1CCN(c2ccc(Nc3ncc4c(C)cc(N)c(C5CCCC5)c4n3)cc2)CC1. The quantitative estimate of drug-likeness (QED) is 0.572. The van der Waals surface area contributed by atoms with E-state index in [4.69, 9.17) is 10.7 Å². The number of aromatic nitrogens is 2. The molecule has 3 aromatic rings. The highest BCUT2D eigenvalue weighted by Crippen LogP contribution is 2.41. The lowest BCUT2D eigenvalue weighted by Crippen LogP contribution is -2.48. The minimum atomic E-state index is 0.151. The molecule has 2 fully saturated rings. The zero-order valence-corrected chi connectivity index (χ0v) is 19.5. The van der Waals surface area contributed by atoms with Gasteiger partial charge >= 0.3 is 0 Å². The van der Waals surface area contributed by atoms with Gasteiger partial charge in [-0.3, -0.25) is 4.79 Å². The van der Waals surface area contributed by atoms with Crippen LogP contribution in [-0.4, -0.2) is 47.0 Å². The molecule has 0 unspecified atom stereocenters. The van der Waals surface area contributed by atoms with Gasteiger partial charge in [0, 0.05) is 67.3 Å². The van der Waals surface area contributed by atoms with Crippen LogP contribution in [0.2, 0.25) is 0 Å². The lowest BCUT2D eigenvalue weighted by Gasteiger charge is -2.35. The number of fused-ring (bicyclic) bond motifs is 1. The molecule has 7 heteroatoms. The van der Waals surface area contributed by atoms with E-state index in [2.05, 4.69) is 52.5 Å². The van der Waals surface area contributed by atoms with Crippen LogP contribution in [0.5, 0.6) is 0 Å². The molecular weight excluding hydrogens is 412 g/mol.